The Morgan fingerprint density at radius 2 is 2.00 bits per heavy atom. The Hall–Kier alpha value is -0.410. The zero-order chi connectivity index (χ0) is 11.8. The minimum atomic E-state index is -0.239. The van der Waals surface area contributed by atoms with Gasteiger partial charge in [-0.25, -0.2) is 0 Å². The lowest BCUT2D eigenvalue weighted by Gasteiger charge is -2.28. The number of carbonyl (C=O) groups is 1. The van der Waals surface area contributed by atoms with Crippen LogP contribution in [0.15, 0.2) is 0 Å². The molecule has 0 bridgehead atoms. The third-order valence-corrected chi connectivity index (χ3v) is 3.24. The fourth-order valence-corrected chi connectivity index (χ4v) is 2.42. The lowest BCUT2D eigenvalue weighted by molar-refractivity contribution is -0.137. The van der Waals surface area contributed by atoms with E-state index in [-0.39, 0.29) is 18.5 Å². The zero-order valence-electron chi connectivity index (χ0n) is 10.5. The average Bonchev–Trinajstić information content (AvgIpc) is 2.32. The second-order valence-corrected chi connectivity index (χ2v) is 4.57. The van der Waals surface area contributed by atoms with Gasteiger partial charge in [-0.2, -0.15) is 0 Å². The van der Waals surface area contributed by atoms with Crippen molar-refractivity contribution in [2.45, 2.75) is 51.6 Å². The van der Waals surface area contributed by atoms with Crippen molar-refractivity contribution in [1.29, 1.82) is 0 Å². The third kappa shape index (κ3) is 4.22. The molecular formula is C13H24O3. The first kappa shape index (κ1) is 13.7. The van der Waals surface area contributed by atoms with Crippen LogP contribution in [0.2, 0.25) is 0 Å². The molecule has 3 nitrogen and oxygen atoms in total. The van der Waals surface area contributed by atoms with E-state index in [9.17, 15) is 4.79 Å². The summed E-state index contributed by atoms with van der Waals surface area (Å²) in [6, 6.07) is 0. The summed E-state index contributed by atoms with van der Waals surface area (Å²) in [5.41, 5.74) is 0. The van der Waals surface area contributed by atoms with Crippen LogP contribution in [0.4, 0.5) is 0 Å². The van der Waals surface area contributed by atoms with Crippen LogP contribution >= 0.6 is 0 Å². The average molecular weight is 228 g/mol. The van der Waals surface area contributed by atoms with E-state index >= 15 is 0 Å². The number of methoxy groups -OCH3 is 1. The summed E-state index contributed by atoms with van der Waals surface area (Å²) in [5.74, 6) is 0.527. The molecule has 0 aliphatic heterocycles. The molecule has 0 aromatic carbocycles. The van der Waals surface area contributed by atoms with Crippen molar-refractivity contribution in [3.05, 3.63) is 0 Å². The first-order valence-electron chi connectivity index (χ1n) is 6.42. The number of rotatable bonds is 7. The summed E-state index contributed by atoms with van der Waals surface area (Å²) in [6.07, 6.45) is 6.72. The van der Waals surface area contributed by atoms with Gasteiger partial charge in [-0.3, -0.25) is 4.79 Å². The van der Waals surface area contributed by atoms with E-state index in [2.05, 4.69) is 0 Å². The smallest absolute Gasteiger partial charge is 0.187 e. The molecule has 0 N–H and O–H groups in total. The van der Waals surface area contributed by atoms with E-state index in [1.54, 1.807) is 7.11 Å². The summed E-state index contributed by atoms with van der Waals surface area (Å²) >= 11 is 0. The molecule has 1 aliphatic rings. The highest BCUT2D eigenvalue weighted by Crippen LogP contribution is 2.28. The Bertz CT molecular complexity index is 197. The van der Waals surface area contributed by atoms with E-state index in [0.717, 1.165) is 19.3 Å². The molecule has 0 aromatic rings. The van der Waals surface area contributed by atoms with E-state index in [1.165, 1.54) is 19.3 Å². The highest BCUT2D eigenvalue weighted by atomic mass is 16.5. The van der Waals surface area contributed by atoms with Crippen LogP contribution in [0, 0.1) is 5.92 Å². The fourth-order valence-electron chi connectivity index (χ4n) is 2.42. The normalized spacial score (nSPS) is 19.6. The lowest BCUT2D eigenvalue weighted by atomic mass is 9.84. The largest absolute Gasteiger partial charge is 0.374 e. The molecule has 0 aromatic heterocycles. The molecule has 1 rings (SSSR count). The highest BCUT2D eigenvalue weighted by molar-refractivity contribution is 5.84. The molecule has 1 aliphatic carbocycles. The molecule has 0 heterocycles. The maximum absolute atomic E-state index is 11.9. The summed E-state index contributed by atoms with van der Waals surface area (Å²) < 4.78 is 10.6. The zero-order valence-corrected chi connectivity index (χ0v) is 10.5. The first-order chi connectivity index (χ1) is 7.79. The van der Waals surface area contributed by atoms with Crippen LogP contribution in [0.3, 0.4) is 0 Å². The summed E-state index contributed by atoms with van der Waals surface area (Å²) in [4.78, 5) is 11.9. The lowest BCUT2D eigenvalue weighted by Crippen LogP contribution is -2.35. The SMILES string of the molecule is CCCOCC(=O)C(OC)C1CCCCC1. The minimum absolute atomic E-state index is 0.114. The Balaban J connectivity index is 2.35. The molecule has 16 heavy (non-hydrogen) atoms. The maximum atomic E-state index is 11.9. The monoisotopic (exact) mass is 228 g/mol. The Morgan fingerprint density at radius 3 is 2.56 bits per heavy atom. The molecule has 94 valence electrons. The van der Waals surface area contributed by atoms with Crippen molar-refractivity contribution < 1.29 is 14.3 Å². The van der Waals surface area contributed by atoms with Crippen molar-refractivity contribution in [3.63, 3.8) is 0 Å². The van der Waals surface area contributed by atoms with Crippen molar-refractivity contribution in [3.8, 4) is 0 Å². The third-order valence-electron chi connectivity index (χ3n) is 3.24. The van der Waals surface area contributed by atoms with Crippen LogP contribution in [-0.2, 0) is 14.3 Å². The molecule has 0 amide bonds. The van der Waals surface area contributed by atoms with Gasteiger partial charge in [-0.05, 0) is 25.2 Å². The van der Waals surface area contributed by atoms with Crippen LogP contribution in [0.25, 0.3) is 0 Å². The van der Waals surface area contributed by atoms with Crippen LogP contribution in [0.1, 0.15) is 45.4 Å². The van der Waals surface area contributed by atoms with Crippen molar-refractivity contribution in [1.82, 2.24) is 0 Å². The van der Waals surface area contributed by atoms with Gasteiger partial charge in [0.2, 0.25) is 0 Å². The first-order valence-corrected chi connectivity index (χ1v) is 6.42. The number of Topliss-reactive ketones (excluding diaryl/α,β-unsaturated/α-hetero) is 1. The Morgan fingerprint density at radius 1 is 1.31 bits per heavy atom. The van der Waals surface area contributed by atoms with Gasteiger partial charge in [0.15, 0.2) is 5.78 Å². The van der Waals surface area contributed by atoms with E-state index in [0.29, 0.717) is 12.5 Å². The van der Waals surface area contributed by atoms with Gasteiger partial charge in [-0.1, -0.05) is 26.2 Å². The van der Waals surface area contributed by atoms with Gasteiger partial charge in [0.25, 0.3) is 0 Å². The standard InChI is InChI=1S/C13H24O3/c1-3-9-16-10-12(14)13(15-2)11-7-5-4-6-8-11/h11,13H,3-10H2,1-2H3. The Kier molecular flexibility index (Phi) is 6.65. The second kappa shape index (κ2) is 7.80. The molecule has 1 saturated carbocycles. The molecule has 0 spiro atoms. The van der Waals surface area contributed by atoms with Crippen molar-refractivity contribution in [2.75, 3.05) is 20.3 Å². The minimum Gasteiger partial charge on any atom is -0.374 e. The molecule has 3 heteroatoms. The Labute approximate surface area is 98.5 Å². The fraction of sp³-hybridized carbons (Fsp3) is 0.923. The molecule has 0 radical (unpaired) electrons. The highest BCUT2D eigenvalue weighted by Gasteiger charge is 2.29. The second-order valence-electron chi connectivity index (χ2n) is 4.57. The molecular weight excluding hydrogens is 204 g/mol. The summed E-state index contributed by atoms with van der Waals surface area (Å²) in [7, 11) is 1.64. The van der Waals surface area contributed by atoms with E-state index in [4.69, 9.17) is 9.47 Å². The van der Waals surface area contributed by atoms with E-state index < -0.39 is 0 Å². The summed E-state index contributed by atoms with van der Waals surface area (Å²) in [5, 5.41) is 0. The summed E-state index contributed by atoms with van der Waals surface area (Å²) in [6.45, 7) is 2.91. The van der Waals surface area contributed by atoms with Gasteiger partial charge in [-0.15, -0.1) is 0 Å². The number of carbonyl (C=O) groups excluding carboxylic acids is 1. The van der Waals surface area contributed by atoms with Crippen LogP contribution < -0.4 is 0 Å². The van der Waals surface area contributed by atoms with Crippen LogP contribution in [-0.4, -0.2) is 32.2 Å². The van der Waals surface area contributed by atoms with Crippen molar-refractivity contribution in [2.24, 2.45) is 5.92 Å². The van der Waals surface area contributed by atoms with Gasteiger partial charge >= 0.3 is 0 Å². The number of hydrogen-bond donors (Lipinski definition) is 0. The molecule has 1 fully saturated rings. The van der Waals surface area contributed by atoms with Gasteiger partial charge in [0.05, 0.1) is 0 Å². The quantitative estimate of drug-likeness (QED) is 0.628. The predicted molar refractivity (Wildman–Crippen MR) is 63.5 cm³/mol. The number of ether oxygens (including phenoxy) is 2. The molecule has 1 unspecified atom stereocenters. The number of hydrogen-bond acceptors (Lipinski definition) is 3. The van der Waals surface area contributed by atoms with Crippen molar-refractivity contribution >= 4 is 5.78 Å². The number of ketones is 1. The van der Waals surface area contributed by atoms with Gasteiger partial charge in [0.1, 0.15) is 12.7 Å². The molecule has 0 saturated heterocycles. The maximum Gasteiger partial charge on any atom is 0.187 e. The van der Waals surface area contributed by atoms with Gasteiger partial charge in [0, 0.05) is 13.7 Å². The topological polar surface area (TPSA) is 35.5 Å². The predicted octanol–water partition coefficient (Wildman–Crippen LogP) is 2.58. The van der Waals surface area contributed by atoms with Crippen LogP contribution in [0.5, 0.6) is 0 Å². The van der Waals surface area contributed by atoms with E-state index in [1.807, 2.05) is 6.92 Å². The molecule has 1 atom stereocenters. The van der Waals surface area contributed by atoms with Gasteiger partial charge < -0.3 is 9.47 Å².